The first kappa shape index (κ1) is 17.2. The summed E-state index contributed by atoms with van der Waals surface area (Å²) >= 11 is 6.96. The van der Waals surface area contributed by atoms with Gasteiger partial charge in [-0.05, 0) is 12.1 Å². The molecule has 0 spiro atoms. The predicted octanol–water partition coefficient (Wildman–Crippen LogP) is 4.20. The van der Waals surface area contributed by atoms with E-state index in [9.17, 15) is 14.6 Å². The van der Waals surface area contributed by atoms with E-state index in [-0.39, 0.29) is 32.1 Å². The molecule has 0 saturated heterocycles. The van der Waals surface area contributed by atoms with Crippen LogP contribution in [0.2, 0.25) is 5.02 Å². The van der Waals surface area contributed by atoms with Gasteiger partial charge in [0.25, 0.3) is 5.88 Å². The number of aromatic hydroxyl groups is 2. The van der Waals surface area contributed by atoms with Crippen LogP contribution in [0.3, 0.4) is 0 Å². The largest absolute Gasteiger partial charge is 0.496 e. The van der Waals surface area contributed by atoms with E-state index in [1.165, 1.54) is 18.2 Å². The maximum Gasteiger partial charge on any atom is 0.267 e. The Morgan fingerprint density at radius 2 is 2.04 bits per heavy atom. The fraction of sp³-hybridized carbons (Fsp3) is 0.125. The van der Waals surface area contributed by atoms with Crippen molar-refractivity contribution in [2.75, 3.05) is 14.1 Å². The van der Waals surface area contributed by atoms with E-state index in [2.05, 4.69) is 10.1 Å². The molecule has 25 heavy (non-hydrogen) atoms. The monoisotopic (exact) mass is 381 g/mol. The molecule has 0 amide bonds. The van der Waals surface area contributed by atoms with E-state index in [4.69, 9.17) is 16.1 Å². The van der Waals surface area contributed by atoms with E-state index in [0.717, 1.165) is 11.3 Å². The molecule has 1 aromatic carbocycles. The van der Waals surface area contributed by atoms with E-state index in [0.29, 0.717) is 5.56 Å². The molecule has 0 aliphatic rings. The van der Waals surface area contributed by atoms with E-state index < -0.39 is 11.7 Å². The molecule has 0 atom stereocenters. The summed E-state index contributed by atoms with van der Waals surface area (Å²) < 4.78 is 19.7. The molecule has 0 radical (unpaired) electrons. The minimum Gasteiger partial charge on any atom is -0.496 e. The standard InChI is InChI=1S/C16H13ClFN3O3S/c1-21(2)7-6-10-12(15-19-14(22)16(23)25-15)13(20-24-10)11-8(17)4-3-5-9(11)18/h3-7,22-23H,1-2H3/b7-6+. The Morgan fingerprint density at radius 3 is 2.64 bits per heavy atom. The summed E-state index contributed by atoms with van der Waals surface area (Å²) in [6.45, 7) is 0. The number of aromatic nitrogens is 2. The van der Waals surface area contributed by atoms with Crippen molar-refractivity contribution in [1.82, 2.24) is 15.0 Å². The van der Waals surface area contributed by atoms with Crippen molar-refractivity contribution >= 4 is 29.0 Å². The second-order valence-electron chi connectivity index (χ2n) is 5.29. The van der Waals surface area contributed by atoms with Crippen molar-refractivity contribution in [3.63, 3.8) is 0 Å². The van der Waals surface area contributed by atoms with Crippen LogP contribution >= 0.6 is 22.9 Å². The fourth-order valence-corrected chi connectivity index (χ4v) is 3.15. The molecule has 3 rings (SSSR count). The number of hydrogen-bond donors (Lipinski definition) is 2. The smallest absolute Gasteiger partial charge is 0.267 e. The molecule has 2 N–H and O–H groups in total. The first-order valence-corrected chi connectivity index (χ1v) is 8.25. The highest BCUT2D eigenvalue weighted by molar-refractivity contribution is 7.17. The van der Waals surface area contributed by atoms with E-state index in [1.807, 2.05) is 14.1 Å². The molecule has 6 nitrogen and oxygen atoms in total. The van der Waals surface area contributed by atoms with Gasteiger partial charge >= 0.3 is 0 Å². The van der Waals surface area contributed by atoms with Gasteiger partial charge in [-0.15, -0.1) is 0 Å². The second kappa shape index (κ2) is 6.73. The maximum absolute atomic E-state index is 14.3. The van der Waals surface area contributed by atoms with E-state index >= 15 is 0 Å². The molecule has 0 aliphatic heterocycles. The zero-order valence-corrected chi connectivity index (χ0v) is 14.8. The van der Waals surface area contributed by atoms with Crippen molar-refractivity contribution in [2.24, 2.45) is 0 Å². The van der Waals surface area contributed by atoms with Crippen LogP contribution in [-0.2, 0) is 0 Å². The fourth-order valence-electron chi connectivity index (χ4n) is 2.15. The molecule has 2 aromatic heterocycles. The van der Waals surface area contributed by atoms with Crippen LogP contribution in [0.4, 0.5) is 4.39 Å². The van der Waals surface area contributed by atoms with Gasteiger partial charge in [0.2, 0.25) is 5.06 Å². The quantitative estimate of drug-likeness (QED) is 0.704. The summed E-state index contributed by atoms with van der Waals surface area (Å²) in [4.78, 5) is 5.67. The molecule has 9 heteroatoms. The molecular formula is C16H13ClFN3O3S. The lowest BCUT2D eigenvalue weighted by atomic mass is 10.1. The average Bonchev–Trinajstić information content (AvgIpc) is 3.09. The molecule has 0 fully saturated rings. The first-order chi connectivity index (χ1) is 11.9. The lowest BCUT2D eigenvalue weighted by Crippen LogP contribution is -1.99. The van der Waals surface area contributed by atoms with Gasteiger partial charge in [-0.25, -0.2) is 4.39 Å². The van der Waals surface area contributed by atoms with Crippen molar-refractivity contribution in [1.29, 1.82) is 0 Å². The lowest BCUT2D eigenvalue weighted by molar-refractivity contribution is 0.402. The molecule has 0 aliphatic carbocycles. The third kappa shape index (κ3) is 3.31. The summed E-state index contributed by atoms with van der Waals surface area (Å²) in [5.41, 5.74) is 0.516. The topological polar surface area (TPSA) is 82.6 Å². The van der Waals surface area contributed by atoms with Gasteiger partial charge < -0.3 is 19.6 Å². The van der Waals surface area contributed by atoms with Gasteiger partial charge in [0.1, 0.15) is 16.5 Å². The van der Waals surface area contributed by atoms with Gasteiger partial charge in [0, 0.05) is 26.4 Å². The van der Waals surface area contributed by atoms with Gasteiger partial charge in [-0.1, -0.05) is 34.2 Å². The maximum atomic E-state index is 14.3. The van der Waals surface area contributed by atoms with Crippen LogP contribution in [0, 0.1) is 5.82 Å². The minimum atomic E-state index is -0.574. The Morgan fingerprint density at radius 1 is 1.28 bits per heavy atom. The Bertz CT molecular complexity index is 913. The second-order valence-corrected chi connectivity index (χ2v) is 6.68. The summed E-state index contributed by atoms with van der Waals surface area (Å²) in [6.07, 6.45) is 3.33. The zero-order valence-electron chi connectivity index (χ0n) is 13.2. The summed E-state index contributed by atoms with van der Waals surface area (Å²) in [5.74, 6) is -0.804. The molecule has 0 unspecified atom stereocenters. The highest BCUT2D eigenvalue weighted by atomic mass is 35.5. The number of halogens is 2. The summed E-state index contributed by atoms with van der Waals surface area (Å²) in [6, 6.07) is 4.27. The van der Waals surface area contributed by atoms with Crippen LogP contribution in [0.15, 0.2) is 28.9 Å². The number of thiazole rings is 1. The number of rotatable bonds is 4. The Balaban J connectivity index is 2.26. The van der Waals surface area contributed by atoms with Crippen LogP contribution in [0.5, 0.6) is 10.9 Å². The lowest BCUT2D eigenvalue weighted by Gasteiger charge is -2.04. The molecular weight excluding hydrogens is 369 g/mol. The predicted molar refractivity (Wildman–Crippen MR) is 94.1 cm³/mol. The van der Waals surface area contributed by atoms with Crippen molar-refractivity contribution in [2.45, 2.75) is 0 Å². The first-order valence-electron chi connectivity index (χ1n) is 7.06. The van der Waals surface area contributed by atoms with Crippen LogP contribution in [0.1, 0.15) is 5.76 Å². The third-order valence-corrected chi connectivity index (χ3v) is 4.43. The van der Waals surface area contributed by atoms with Gasteiger partial charge in [-0.2, -0.15) is 4.98 Å². The zero-order chi connectivity index (χ0) is 18.1. The summed E-state index contributed by atoms with van der Waals surface area (Å²) in [5, 5.41) is 23.2. The summed E-state index contributed by atoms with van der Waals surface area (Å²) in [7, 11) is 3.64. The number of benzene rings is 1. The Labute approximate surface area is 151 Å². The normalized spacial score (nSPS) is 11.4. The molecule has 0 bridgehead atoms. The number of hydrogen-bond acceptors (Lipinski definition) is 7. The molecule has 3 aromatic rings. The number of nitrogens with zero attached hydrogens (tertiary/aromatic N) is 3. The van der Waals surface area contributed by atoms with Gasteiger partial charge in [0.05, 0.1) is 16.1 Å². The SMILES string of the molecule is CN(C)/C=C/c1onc(-c2c(F)cccc2Cl)c1-c1nc(O)c(O)s1. The van der Waals surface area contributed by atoms with Crippen molar-refractivity contribution in [3.8, 4) is 32.8 Å². The highest BCUT2D eigenvalue weighted by Gasteiger charge is 2.26. The Hall–Kier alpha value is -2.58. The van der Waals surface area contributed by atoms with Crippen molar-refractivity contribution < 1.29 is 19.1 Å². The van der Waals surface area contributed by atoms with Crippen LogP contribution < -0.4 is 0 Å². The minimum absolute atomic E-state index is 0.0570. The Kier molecular flexibility index (Phi) is 4.65. The highest BCUT2D eigenvalue weighted by Crippen LogP contribution is 2.44. The van der Waals surface area contributed by atoms with Crippen LogP contribution in [-0.4, -0.2) is 39.3 Å². The third-order valence-electron chi connectivity index (χ3n) is 3.25. The van der Waals surface area contributed by atoms with Gasteiger partial charge in [-0.3, -0.25) is 0 Å². The van der Waals surface area contributed by atoms with Gasteiger partial charge in [0.15, 0.2) is 5.76 Å². The molecule has 130 valence electrons. The molecule has 2 heterocycles. The van der Waals surface area contributed by atoms with Crippen molar-refractivity contribution in [3.05, 3.63) is 41.0 Å². The molecule has 0 saturated carbocycles. The average molecular weight is 382 g/mol. The van der Waals surface area contributed by atoms with Crippen LogP contribution in [0.25, 0.3) is 27.9 Å². The van der Waals surface area contributed by atoms with E-state index in [1.54, 1.807) is 17.2 Å².